The van der Waals surface area contributed by atoms with Crippen molar-refractivity contribution in [1.82, 2.24) is 15.0 Å². The lowest BCUT2D eigenvalue weighted by molar-refractivity contribution is 0.0467. The molecular formula is C22H17N3O3. The highest BCUT2D eigenvalue weighted by molar-refractivity contribution is 5.89. The molecule has 3 aromatic carbocycles. The maximum atomic E-state index is 12.0. The monoisotopic (exact) mass is 371 g/mol. The number of esters is 1. The average molecular weight is 371 g/mol. The van der Waals surface area contributed by atoms with Crippen LogP contribution in [0.25, 0.3) is 5.69 Å². The molecule has 0 spiro atoms. The first-order valence-corrected chi connectivity index (χ1v) is 8.75. The molecule has 0 aliphatic heterocycles. The molecule has 0 saturated carbocycles. The largest absolute Gasteiger partial charge is 0.457 e. The molecule has 0 N–H and O–H groups in total. The molecule has 138 valence electrons. The average Bonchev–Trinajstić information content (AvgIpc) is 3.23. The van der Waals surface area contributed by atoms with Gasteiger partial charge >= 0.3 is 5.97 Å². The Labute approximate surface area is 162 Å². The predicted molar refractivity (Wildman–Crippen MR) is 103 cm³/mol. The van der Waals surface area contributed by atoms with Gasteiger partial charge in [0.1, 0.15) is 23.8 Å². The second-order valence-corrected chi connectivity index (χ2v) is 6.01. The third-order valence-corrected chi connectivity index (χ3v) is 3.98. The molecular weight excluding hydrogens is 354 g/mol. The van der Waals surface area contributed by atoms with Gasteiger partial charge in [-0.1, -0.05) is 41.6 Å². The lowest BCUT2D eigenvalue weighted by Gasteiger charge is -2.06. The minimum Gasteiger partial charge on any atom is -0.457 e. The van der Waals surface area contributed by atoms with E-state index >= 15 is 0 Å². The highest BCUT2D eigenvalue weighted by atomic mass is 16.5. The van der Waals surface area contributed by atoms with Crippen LogP contribution in [0, 0.1) is 0 Å². The van der Waals surface area contributed by atoms with Gasteiger partial charge in [-0.15, -0.1) is 5.10 Å². The Bertz CT molecular complexity index is 1050. The van der Waals surface area contributed by atoms with Crippen LogP contribution in [0.5, 0.6) is 11.5 Å². The Hall–Kier alpha value is -3.93. The number of carbonyl (C=O) groups excluding carboxylic acids is 1. The number of ether oxygens (including phenoxy) is 2. The quantitative estimate of drug-likeness (QED) is 0.470. The molecule has 1 heterocycles. The third-order valence-electron chi connectivity index (χ3n) is 3.98. The van der Waals surface area contributed by atoms with Crippen molar-refractivity contribution in [1.29, 1.82) is 0 Å². The number of nitrogens with zero attached hydrogens (tertiary/aromatic N) is 3. The van der Waals surface area contributed by atoms with E-state index in [2.05, 4.69) is 10.3 Å². The Morgan fingerprint density at radius 1 is 0.821 bits per heavy atom. The van der Waals surface area contributed by atoms with E-state index in [4.69, 9.17) is 9.47 Å². The van der Waals surface area contributed by atoms with E-state index in [1.807, 2.05) is 60.7 Å². The Morgan fingerprint density at radius 3 is 2.18 bits per heavy atom. The van der Waals surface area contributed by atoms with Crippen LogP contribution in [-0.2, 0) is 11.3 Å². The SMILES string of the molecule is O=C(OCc1cn(-c2ccc(Oc3ccccc3)cc2)nn1)c1ccccc1. The van der Waals surface area contributed by atoms with E-state index in [-0.39, 0.29) is 6.61 Å². The van der Waals surface area contributed by atoms with Crippen molar-refractivity contribution >= 4 is 5.97 Å². The fraction of sp³-hybridized carbons (Fsp3) is 0.0455. The molecule has 4 rings (SSSR count). The topological polar surface area (TPSA) is 66.2 Å². The van der Waals surface area contributed by atoms with Crippen molar-refractivity contribution in [3.8, 4) is 17.2 Å². The van der Waals surface area contributed by atoms with Crippen LogP contribution in [0.2, 0.25) is 0 Å². The molecule has 0 aliphatic carbocycles. The van der Waals surface area contributed by atoms with Crippen LogP contribution in [0.3, 0.4) is 0 Å². The Morgan fingerprint density at radius 2 is 1.46 bits per heavy atom. The van der Waals surface area contributed by atoms with Crippen LogP contribution in [0.4, 0.5) is 0 Å². The number of aromatic nitrogens is 3. The predicted octanol–water partition coefficient (Wildman–Crippen LogP) is 4.42. The summed E-state index contributed by atoms with van der Waals surface area (Å²) in [5.41, 5.74) is 1.89. The number of para-hydroxylation sites is 1. The van der Waals surface area contributed by atoms with Crippen LogP contribution < -0.4 is 4.74 Å². The highest BCUT2D eigenvalue weighted by Gasteiger charge is 2.09. The van der Waals surface area contributed by atoms with Gasteiger partial charge in [0, 0.05) is 0 Å². The van der Waals surface area contributed by atoms with Gasteiger partial charge in [-0.05, 0) is 48.5 Å². The van der Waals surface area contributed by atoms with Crippen molar-refractivity contribution in [3.63, 3.8) is 0 Å². The maximum Gasteiger partial charge on any atom is 0.338 e. The minimum absolute atomic E-state index is 0.0585. The van der Waals surface area contributed by atoms with Gasteiger partial charge in [-0.3, -0.25) is 0 Å². The molecule has 6 nitrogen and oxygen atoms in total. The zero-order valence-electron chi connectivity index (χ0n) is 14.9. The summed E-state index contributed by atoms with van der Waals surface area (Å²) >= 11 is 0. The van der Waals surface area contributed by atoms with Crippen LogP contribution in [0.15, 0.2) is 91.1 Å². The lowest BCUT2D eigenvalue weighted by Crippen LogP contribution is -2.05. The molecule has 4 aromatic rings. The summed E-state index contributed by atoms with van der Waals surface area (Å²) in [7, 11) is 0. The van der Waals surface area contributed by atoms with Crippen molar-refractivity contribution in [2.24, 2.45) is 0 Å². The van der Waals surface area contributed by atoms with E-state index in [1.165, 1.54) is 0 Å². The van der Waals surface area contributed by atoms with Gasteiger partial charge in [0.25, 0.3) is 0 Å². The van der Waals surface area contributed by atoms with Gasteiger partial charge in [0.2, 0.25) is 0 Å². The zero-order valence-corrected chi connectivity index (χ0v) is 14.9. The van der Waals surface area contributed by atoms with E-state index in [9.17, 15) is 4.79 Å². The standard InChI is InChI=1S/C22H17N3O3/c26-22(17-7-3-1-4-8-17)27-16-18-15-25(24-23-18)19-11-13-21(14-12-19)28-20-9-5-2-6-10-20/h1-15H,16H2. The van der Waals surface area contributed by atoms with Crippen LogP contribution in [0.1, 0.15) is 16.1 Å². The molecule has 0 atom stereocenters. The van der Waals surface area contributed by atoms with E-state index in [0.717, 1.165) is 17.2 Å². The molecule has 28 heavy (non-hydrogen) atoms. The second kappa shape index (κ2) is 8.18. The van der Waals surface area contributed by atoms with Gasteiger partial charge in [-0.2, -0.15) is 0 Å². The number of hydrogen-bond acceptors (Lipinski definition) is 5. The number of benzene rings is 3. The fourth-order valence-electron chi connectivity index (χ4n) is 2.58. The first-order chi connectivity index (χ1) is 13.8. The zero-order chi connectivity index (χ0) is 19.2. The molecule has 1 aromatic heterocycles. The molecule has 0 amide bonds. The van der Waals surface area contributed by atoms with Crippen LogP contribution >= 0.6 is 0 Å². The van der Waals surface area contributed by atoms with Gasteiger partial charge in [-0.25, -0.2) is 9.48 Å². The summed E-state index contributed by atoms with van der Waals surface area (Å²) in [4.78, 5) is 12.0. The maximum absolute atomic E-state index is 12.0. The first kappa shape index (κ1) is 17.5. The molecule has 0 unspecified atom stereocenters. The normalized spacial score (nSPS) is 10.4. The summed E-state index contributed by atoms with van der Waals surface area (Å²) in [5.74, 6) is 1.11. The number of rotatable bonds is 6. The second-order valence-electron chi connectivity index (χ2n) is 6.01. The van der Waals surface area contributed by atoms with Crippen molar-refractivity contribution in [3.05, 3.63) is 102 Å². The Kier molecular flexibility index (Phi) is 5.11. The Balaban J connectivity index is 1.38. The molecule has 0 fully saturated rings. The van der Waals surface area contributed by atoms with E-state index in [1.54, 1.807) is 35.1 Å². The number of hydrogen-bond donors (Lipinski definition) is 0. The third kappa shape index (κ3) is 4.24. The number of carbonyl (C=O) groups is 1. The summed E-state index contributed by atoms with van der Waals surface area (Å²) in [6.07, 6.45) is 1.73. The van der Waals surface area contributed by atoms with Gasteiger partial charge in [0.05, 0.1) is 17.4 Å². The molecule has 0 radical (unpaired) electrons. The van der Waals surface area contributed by atoms with Crippen LogP contribution in [-0.4, -0.2) is 21.0 Å². The van der Waals surface area contributed by atoms with Crippen molar-refractivity contribution in [2.45, 2.75) is 6.61 Å². The summed E-state index contributed by atoms with van der Waals surface area (Å²) in [6.45, 7) is 0.0585. The molecule has 0 bridgehead atoms. The van der Waals surface area contributed by atoms with Gasteiger partial charge in [0.15, 0.2) is 0 Å². The van der Waals surface area contributed by atoms with Gasteiger partial charge < -0.3 is 9.47 Å². The highest BCUT2D eigenvalue weighted by Crippen LogP contribution is 2.22. The molecule has 0 saturated heterocycles. The first-order valence-electron chi connectivity index (χ1n) is 8.75. The molecule has 6 heteroatoms. The van der Waals surface area contributed by atoms with Crippen molar-refractivity contribution < 1.29 is 14.3 Å². The fourth-order valence-corrected chi connectivity index (χ4v) is 2.58. The summed E-state index contributed by atoms with van der Waals surface area (Å²) in [5, 5.41) is 8.14. The summed E-state index contributed by atoms with van der Waals surface area (Å²) < 4.78 is 12.7. The molecule has 0 aliphatic rings. The smallest absolute Gasteiger partial charge is 0.338 e. The minimum atomic E-state index is -0.391. The summed E-state index contributed by atoms with van der Waals surface area (Å²) in [6, 6.07) is 25.9. The lowest BCUT2D eigenvalue weighted by atomic mass is 10.2. The van der Waals surface area contributed by atoms with Crippen molar-refractivity contribution in [2.75, 3.05) is 0 Å². The van der Waals surface area contributed by atoms with E-state index in [0.29, 0.717) is 11.3 Å². The van der Waals surface area contributed by atoms with E-state index < -0.39 is 5.97 Å².